The Morgan fingerprint density at radius 2 is 2.04 bits per heavy atom. The fraction of sp³-hybridized carbons (Fsp3) is 0.150. The minimum atomic E-state index is -0.281. The van der Waals surface area contributed by atoms with E-state index in [0.29, 0.717) is 6.54 Å². The zero-order valence-corrected chi connectivity index (χ0v) is 14.8. The molecule has 1 amide bonds. The molecule has 0 unspecified atom stereocenters. The van der Waals surface area contributed by atoms with Gasteiger partial charge in [0, 0.05) is 6.20 Å². The number of carbonyl (C=O) groups is 1. The van der Waals surface area contributed by atoms with Crippen LogP contribution in [0.15, 0.2) is 65.4 Å². The molecule has 0 radical (unpaired) electrons. The SMILES string of the molecule is COc1ccc(Cn2c(CNC(=O)c3ccco3)nc3cccnc32)cc1. The maximum Gasteiger partial charge on any atom is 0.287 e. The van der Waals surface area contributed by atoms with Crippen LogP contribution in [0.5, 0.6) is 5.75 Å². The lowest BCUT2D eigenvalue weighted by molar-refractivity contribution is 0.0922. The van der Waals surface area contributed by atoms with E-state index < -0.39 is 0 Å². The predicted octanol–water partition coefficient (Wildman–Crippen LogP) is 3.01. The third kappa shape index (κ3) is 3.52. The summed E-state index contributed by atoms with van der Waals surface area (Å²) < 4.78 is 12.3. The second kappa shape index (κ2) is 7.33. The highest BCUT2D eigenvalue weighted by Gasteiger charge is 2.14. The quantitative estimate of drug-likeness (QED) is 0.570. The van der Waals surface area contributed by atoms with E-state index in [2.05, 4.69) is 15.3 Å². The number of methoxy groups -OCH3 is 1. The molecule has 0 fully saturated rings. The first-order valence-electron chi connectivity index (χ1n) is 8.49. The van der Waals surface area contributed by atoms with Crippen molar-refractivity contribution < 1.29 is 13.9 Å². The highest BCUT2D eigenvalue weighted by Crippen LogP contribution is 2.18. The summed E-state index contributed by atoms with van der Waals surface area (Å²) in [6, 6.07) is 14.9. The fourth-order valence-electron chi connectivity index (χ4n) is 2.87. The highest BCUT2D eigenvalue weighted by molar-refractivity contribution is 5.91. The number of hydrogen-bond acceptors (Lipinski definition) is 5. The summed E-state index contributed by atoms with van der Waals surface area (Å²) in [5.41, 5.74) is 2.64. The van der Waals surface area contributed by atoms with Gasteiger partial charge in [-0.05, 0) is 42.0 Å². The smallest absolute Gasteiger partial charge is 0.287 e. The minimum absolute atomic E-state index is 0.269. The van der Waals surface area contributed by atoms with E-state index in [1.165, 1.54) is 6.26 Å². The van der Waals surface area contributed by atoms with E-state index in [0.717, 1.165) is 28.3 Å². The molecule has 4 rings (SSSR count). The van der Waals surface area contributed by atoms with Crippen molar-refractivity contribution in [1.82, 2.24) is 19.9 Å². The molecule has 3 heterocycles. The summed E-state index contributed by atoms with van der Waals surface area (Å²) >= 11 is 0. The molecule has 4 aromatic rings. The standard InChI is InChI=1S/C20H18N4O3/c1-26-15-8-6-14(7-9-15)13-24-18(23-16-4-2-10-21-19(16)24)12-22-20(25)17-5-3-11-27-17/h2-11H,12-13H2,1H3,(H,22,25). The number of fused-ring (bicyclic) bond motifs is 1. The summed E-state index contributed by atoms with van der Waals surface area (Å²) in [5.74, 6) is 1.51. The second-order valence-corrected chi connectivity index (χ2v) is 5.97. The summed E-state index contributed by atoms with van der Waals surface area (Å²) in [6.45, 7) is 0.857. The van der Waals surface area contributed by atoms with Crippen molar-refractivity contribution in [2.45, 2.75) is 13.1 Å². The number of hydrogen-bond donors (Lipinski definition) is 1. The van der Waals surface area contributed by atoms with Crippen LogP contribution >= 0.6 is 0 Å². The Bertz CT molecular complexity index is 1050. The third-order valence-electron chi connectivity index (χ3n) is 4.23. The molecule has 0 atom stereocenters. The number of ether oxygens (including phenoxy) is 1. The Kier molecular flexibility index (Phi) is 4.57. The van der Waals surface area contributed by atoms with E-state index in [4.69, 9.17) is 9.15 Å². The van der Waals surface area contributed by atoms with Gasteiger partial charge in [0.05, 0.1) is 26.5 Å². The largest absolute Gasteiger partial charge is 0.497 e. The first kappa shape index (κ1) is 16.8. The summed E-state index contributed by atoms with van der Waals surface area (Å²) in [6.07, 6.45) is 3.21. The molecule has 0 saturated heterocycles. The van der Waals surface area contributed by atoms with E-state index in [9.17, 15) is 4.79 Å². The van der Waals surface area contributed by atoms with Crippen LogP contribution in [-0.4, -0.2) is 27.6 Å². The topological polar surface area (TPSA) is 82.2 Å². The summed E-state index contributed by atoms with van der Waals surface area (Å²) in [7, 11) is 1.64. The average molecular weight is 362 g/mol. The summed E-state index contributed by atoms with van der Waals surface area (Å²) in [5, 5.41) is 2.84. The zero-order valence-electron chi connectivity index (χ0n) is 14.8. The van der Waals surface area contributed by atoms with Crippen LogP contribution in [0.25, 0.3) is 11.2 Å². The van der Waals surface area contributed by atoms with Gasteiger partial charge in [0.25, 0.3) is 5.91 Å². The van der Waals surface area contributed by atoms with Gasteiger partial charge in [-0.1, -0.05) is 12.1 Å². The molecule has 0 saturated carbocycles. The molecule has 7 heteroatoms. The first-order chi connectivity index (χ1) is 13.2. The first-order valence-corrected chi connectivity index (χ1v) is 8.49. The second-order valence-electron chi connectivity index (χ2n) is 5.97. The van der Waals surface area contributed by atoms with Gasteiger partial charge in [0.15, 0.2) is 11.4 Å². The Labute approximate surface area is 155 Å². The van der Waals surface area contributed by atoms with Gasteiger partial charge in [-0.2, -0.15) is 0 Å². The number of amides is 1. The van der Waals surface area contributed by atoms with Crippen molar-refractivity contribution >= 4 is 17.1 Å². The lowest BCUT2D eigenvalue weighted by atomic mass is 10.2. The number of nitrogens with one attached hydrogen (secondary N) is 1. The molecule has 27 heavy (non-hydrogen) atoms. The van der Waals surface area contributed by atoms with Gasteiger partial charge < -0.3 is 19.0 Å². The maximum absolute atomic E-state index is 12.2. The van der Waals surface area contributed by atoms with E-state index in [1.807, 2.05) is 41.0 Å². The molecule has 0 bridgehead atoms. The normalized spacial score (nSPS) is 10.9. The van der Waals surface area contributed by atoms with Crippen LogP contribution in [0.1, 0.15) is 21.9 Å². The Morgan fingerprint density at radius 3 is 2.78 bits per heavy atom. The molecule has 1 aromatic carbocycles. The Hall–Kier alpha value is -3.61. The number of aromatic nitrogens is 3. The maximum atomic E-state index is 12.2. The van der Waals surface area contributed by atoms with E-state index >= 15 is 0 Å². The van der Waals surface area contributed by atoms with Crippen LogP contribution in [0.2, 0.25) is 0 Å². The lowest BCUT2D eigenvalue weighted by Gasteiger charge is -2.10. The Morgan fingerprint density at radius 1 is 1.19 bits per heavy atom. The molecule has 0 aliphatic carbocycles. The molecule has 0 aliphatic heterocycles. The third-order valence-corrected chi connectivity index (χ3v) is 4.23. The highest BCUT2D eigenvalue weighted by atomic mass is 16.5. The number of benzene rings is 1. The van der Waals surface area contributed by atoms with Crippen LogP contribution < -0.4 is 10.1 Å². The number of pyridine rings is 1. The molecule has 1 N–H and O–H groups in total. The molecule has 3 aromatic heterocycles. The van der Waals surface area contributed by atoms with Gasteiger partial charge in [-0.25, -0.2) is 9.97 Å². The van der Waals surface area contributed by atoms with Crippen molar-refractivity contribution in [2.24, 2.45) is 0 Å². The van der Waals surface area contributed by atoms with Crippen molar-refractivity contribution in [1.29, 1.82) is 0 Å². The zero-order chi connectivity index (χ0) is 18.6. The molecule has 136 valence electrons. The predicted molar refractivity (Wildman–Crippen MR) is 99.5 cm³/mol. The number of imidazole rings is 1. The number of carbonyl (C=O) groups excluding carboxylic acids is 1. The minimum Gasteiger partial charge on any atom is -0.497 e. The van der Waals surface area contributed by atoms with Crippen molar-refractivity contribution in [2.75, 3.05) is 7.11 Å². The fourth-order valence-corrected chi connectivity index (χ4v) is 2.87. The lowest BCUT2D eigenvalue weighted by Crippen LogP contribution is -2.24. The van der Waals surface area contributed by atoms with Gasteiger partial charge in [-0.3, -0.25) is 4.79 Å². The molecular weight excluding hydrogens is 344 g/mol. The van der Waals surface area contributed by atoms with Crippen molar-refractivity contribution in [3.05, 3.63) is 78.1 Å². The van der Waals surface area contributed by atoms with E-state index in [-0.39, 0.29) is 18.2 Å². The van der Waals surface area contributed by atoms with Gasteiger partial charge >= 0.3 is 0 Å². The number of nitrogens with zero attached hydrogens (tertiary/aromatic N) is 3. The van der Waals surface area contributed by atoms with Crippen LogP contribution in [0.4, 0.5) is 0 Å². The van der Waals surface area contributed by atoms with Crippen molar-refractivity contribution in [3.63, 3.8) is 0 Å². The molecule has 0 aliphatic rings. The van der Waals surface area contributed by atoms with Crippen LogP contribution in [0, 0.1) is 0 Å². The molecule has 0 spiro atoms. The van der Waals surface area contributed by atoms with Gasteiger partial charge in [0.2, 0.25) is 0 Å². The number of rotatable bonds is 6. The van der Waals surface area contributed by atoms with Gasteiger partial charge in [-0.15, -0.1) is 0 Å². The van der Waals surface area contributed by atoms with Crippen molar-refractivity contribution in [3.8, 4) is 5.75 Å². The Balaban J connectivity index is 1.61. The van der Waals surface area contributed by atoms with E-state index in [1.54, 1.807) is 25.4 Å². The molecular formula is C20H18N4O3. The van der Waals surface area contributed by atoms with Crippen LogP contribution in [0.3, 0.4) is 0 Å². The van der Waals surface area contributed by atoms with Gasteiger partial charge in [0.1, 0.15) is 17.1 Å². The number of furan rings is 1. The summed E-state index contributed by atoms with van der Waals surface area (Å²) in [4.78, 5) is 21.2. The monoisotopic (exact) mass is 362 g/mol. The molecule has 7 nitrogen and oxygen atoms in total. The average Bonchev–Trinajstić information content (AvgIpc) is 3.36. The van der Waals surface area contributed by atoms with Crippen LogP contribution in [-0.2, 0) is 13.1 Å².